The summed E-state index contributed by atoms with van der Waals surface area (Å²) in [6, 6.07) is 0.748. The standard InChI is InChI=1S/C9H17N3OS/c1-3-14-6-4-7-8(5-6)12(10-2)9(13)11-7/h6-8,10H,3-5H2,1-2H3,(H,11,13)/t6-,7?,8?/m1/s1. The Morgan fingerprint density at radius 3 is 3.07 bits per heavy atom. The molecule has 1 heterocycles. The van der Waals surface area contributed by atoms with E-state index in [4.69, 9.17) is 0 Å². The molecule has 14 heavy (non-hydrogen) atoms. The van der Waals surface area contributed by atoms with Crippen LogP contribution >= 0.6 is 11.8 Å². The Bertz CT molecular complexity index is 236. The van der Waals surface area contributed by atoms with Gasteiger partial charge in [0.15, 0.2) is 0 Å². The number of nitrogens with zero attached hydrogens (tertiary/aromatic N) is 1. The topological polar surface area (TPSA) is 44.4 Å². The number of amides is 2. The summed E-state index contributed by atoms with van der Waals surface area (Å²) in [7, 11) is 1.81. The van der Waals surface area contributed by atoms with Crippen molar-refractivity contribution in [3.05, 3.63) is 0 Å². The molecule has 1 saturated carbocycles. The lowest BCUT2D eigenvalue weighted by Gasteiger charge is -2.20. The summed E-state index contributed by atoms with van der Waals surface area (Å²) in [6.45, 7) is 2.19. The highest BCUT2D eigenvalue weighted by Crippen LogP contribution is 2.35. The molecule has 3 atom stereocenters. The minimum Gasteiger partial charge on any atom is -0.332 e. The zero-order valence-corrected chi connectivity index (χ0v) is 9.43. The Morgan fingerprint density at radius 2 is 2.43 bits per heavy atom. The van der Waals surface area contributed by atoms with E-state index in [1.165, 1.54) is 0 Å². The van der Waals surface area contributed by atoms with Gasteiger partial charge in [-0.3, -0.25) is 5.01 Å². The minimum absolute atomic E-state index is 0.0300. The monoisotopic (exact) mass is 215 g/mol. The van der Waals surface area contributed by atoms with Crippen molar-refractivity contribution in [3.63, 3.8) is 0 Å². The molecule has 5 heteroatoms. The number of carbonyl (C=O) groups is 1. The second kappa shape index (κ2) is 3.98. The van der Waals surface area contributed by atoms with Gasteiger partial charge >= 0.3 is 6.03 Å². The van der Waals surface area contributed by atoms with E-state index in [1.54, 1.807) is 5.01 Å². The van der Waals surface area contributed by atoms with Gasteiger partial charge in [0.1, 0.15) is 0 Å². The Balaban J connectivity index is 1.98. The van der Waals surface area contributed by atoms with Gasteiger partial charge in [-0.05, 0) is 18.6 Å². The number of hydrogen-bond donors (Lipinski definition) is 2. The predicted molar refractivity (Wildman–Crippen MR) is 58.2 cm³/mol. The fourth-order valence-electron chi connectivity index (χ4n) is 2.43. The van der Waals surface area contributed by atoms with Gasteiger partial charge in [0.2, 0.25) is 0 Å². The summed E-state index contributed by atoms with van der Waals surface area (Å²) in [4.78, 5) is 11.4. The molecule has 2 amide bonds. The smallest absolute Gasteiger partial charge is 0.332 e. The van der Waals surface area contributed by atoms with Crippen molar-refractivity contribution in [3.8, 4) is 0 Å². The largest absolute Gasteiger partial charge is 0.332 e. The van der Waals surface area contributed by atoms with E-state index in [-0.39, 0.29) is 6.03 Å². The molecule has 0 spiro atoms. The SMILES string of the molecule is CCS[C@@H]1CC2NC(=O)N(NC)C2C1. The van der Waals surface area contributed by atoms with Crippen molar-refractivity contribution in [1.82, 2.24) is 15.8 Å². The average molecular weight is 215 g/mol. The van der Waals surface area contributed by atoms with E-state index >= 15 is 0 Å². The number of thioether (sulfide) groups is 1. The van der Waals surface area contributed by atoms with Gasteiger partial charge in [-0.2, -0.15) is 11.8 Å². The Hall–Kier alpha value is -0.420. The summed E-state index contributed by atoms with van der Waals surface area (Å²) in [6.07, 6.45) is 2.23. The molecule has 0 aromatic heterocycles. The lowest BCUT2D eigenvalue weighted by atomic mass is 10.2. The number of hydrogen-bond acceptors (Lipinski definition) is 3. The average Bonchev–Trinajstić information content (AvgIpc) is 2.61. The number of urea groups is 1. The van der Waals surface area contributed by atoms with Crippen LogP contribution in [0.25, 0.3) is 0 Å². The molecule has 0 aromatic carbocycles. The second-order valence-electron chi connectivity index (χ2n) is 3.77. The molecule has 1 aliphatic heterocycles. The maximum Gasteiger partial charge on any atom is 0.332 e. The van der Waals surface area contributed by atoms with Crippen LogP contribution in [0.15, 0.2) is 0 Å². The quantitative estimate of drug-likeness (QED) is 0.732. The van der Waals surface area contributed by atoms with Crippen LogP contribution in [0.1, 0.15) is 19.8 Å². The molecule has 2 N–H and O–H groups in total. The Labute approximate surface area is 88.8 Å². The molecule has 1 aliphatic carbocycles. The first-order valence-corrected chi connectivity index (χ1v) is 6.19. The van der Waals surface area contributed by atoms with Crippen LogP contribution in [0.3, 0.4) is 0 Å². The van der Waals surface area contributed by atoms with E-state index in [1.807, 2.05) is 18.8 Å². The third-order valence-corrected chi connectivity index (χ3v) is 4.18. The highest BCUT2D eigenvalue weighted by atomic mass is 32.2. The van der Waals surface area contributed by atoms with Crippen molar-refractivity contribution >= 4 is 17.8 Å². The zero-order valence-electron chi connectivity index (χ0n) is 8.62. The number of hydrazine groups is 1. The van der Waals surface area contributed by atoms with Crippen molar-refractivity contribution in [2.45, 2.75) is 37.1 Å². The third kappa shape index (κ3) is 1.59. The van der Waals surface area contributed by atoms with Gasteiger partial charge < -0.3 is 5.32 Å². The molecule has 2 rings (SSSR count). The Kier molecular flexibility index (Phi) is 2.88. The van der Waals surface area contributed by atoms with Gasteiger partial charge in [0.05, 0.1) is 12.1 Å². The summed E-state index contributed by atoms with van der Waals surface area (Å²) in [5.41, 5.74) is 2.96. The fourth-order valence-corrected chi connectivity index (χ4v) is 3.58. The second-order valence-corrected chi connectivity index (χ2v) is 5.34. The highest BCUT2D eigenvalue weighted by Gasteiger charge is 2.45. The summed E-state index contributed by atoms with van der Waals surface area (Å²) >= 11 is 2.00. The molecule has 0 radical (unpaired) electrons. The molecule has 80 valence electrons. The molecular weight excluding hydrogens is 198 g/mol. The molecule has 0 bridgehead atoms. The maximum absolute atomic E-state index is 11.4. The highest BCUT2D eigenvalue weighted by molar-refractivity contribution is 7.99. The van der Waals surface area contributed by atoms with E-state index in [2.05, 4.69) is 17.7 Å². The number of rotatable bonds is 3. The predicted octanol–water partition coefficient (Wildman–Crippen LogP) is 0.799. The van der Waals surface area contributed by atoms with Crippen molar-refractivity contribution in [1.29, 1.82) is 0 Å². The number of carbonyl (C=O) groups excluding carboxylic acids is 1. The lowest BCUT2D eigenvalue weighted by molar-refractivity contribution is 0.178. The van der Waals surface area contributed by atoms with Gasteiger partial charge in [0, 0.05) is 12.3 Å². The van der Waals surface area contributed by atoms with Crippen LogP contribution in [0, 0.1) is 0 Å². The number of fused-ring (bicyclic) bond motifs is 1. The molecule has 2 aliphatic rings. The first kappa shape index (κ1) is 10.1. The van der Waals surface area contributed by atoms with E-state index in [0.29, 0.717) is 17.3 Å². The van der Waals surface area contributed by atoms with Crippen LogP contribution in [0.2, 0.25) is 0 Å². The maximum atomic E-state index is 11.4. The van der Waals surface area contributed by atoms with Crippen LogP contribution in [0.4, 0.5) is 4.79 Å². The Morgan fingerprint density at radius 1 is 1.64 bits per heavy atom. The van der Waals surface area contributed by atoms with Crippen LogP contribution in [0.5, 0.6) is 0 Å². The first-order valence-electron chi connectivity index (χ1n) is 5.15. The van der Waals surface area contributed by atoms with Gasteiger partial charge in [-0.25, -0.2) is 10.2 Å². The van der Waals surface area contributed by atoms with Crippen LogP contribution < -0.4 is 10.7 Å². The van der Waals surface area contributed by atoms with Crippen LogP contribution in [-0.4, -0.2) is 41.2 Å². The third-order valence-electron chi connectivity index (χ3n) is 2.99. The summed E-state index contributed by atoms with van der Waals surface area (Å²) in [5, 5.41) is 5.47. The molecule has 1 saturated heterocycles. The molecule has 2 unspecified atom stereocenters. The summed E-state index contributed by atoms with van der Waals surface area (Å²) in [5.74, 6) is 1.16. The minimum atomic E-state index is 0.0300. The van der Waals surface area contributed by atoms with Gasteiger partial charge in [-0.1, -0.05) is 6.92 Å². The summed E-state index contributed by atoms with van der Waals surface area (Å²) < 4.78 is 0. The van der Waals surface area contributed by atoms with Gasteiger partial charge in [-0.15, -0.1) is 0 Å². The molecule has 2 fully saturated rings. The van der Waals surface area contributed by atoms with Crippen molar-refractivity contribution < 1.29 is 4.79 Å². The van der Waals surface area contributed by atoms with Gasteiger partial charge in [0.25, 0.3) is 0 Å². The first-order chi connectivity index (χ1) is 6.76. The lowest BCUT2D eigenvalue weighted by Crippen LogP contribution is -2.43. The normalized spacial score (nSPS) is 36.0. The van der Waals surface area contributed by atoms with Crippen molar-refractivity contribution in [2.75, 3.05) is 12.8 Å². The van der Waals surface area contributed by atoms with Crippen molar-refractivity contribution in [2.24, 2.45) is 0 Å². The molecule has 4 nitrogen and oxygen atoms in total. The fraction of sp³-hybridized carbons (Fsp3) is 0.889. The molecule has 0 aromatic rings. The number of nitrogens with one attached hydrogen (secondary N) is 2. The van der Waals surface area contributed by atoms with Crippen LogP contribution in [-0.2, 0) is 0 Å². The molecular formula is C9H17N3OS. The van der Waals surface area contributed by atoms with E-state index in [0.717, 1.165) is 18.6 Å². The van der Waals surface area contributed by atoms with E-state index in [9.17, 15) is 4.79 Å². The zero-order chi connectivity index (χ0) is 10.1. The van der Waals surface area contributed by atoms with E-state index < -0.39 is 0 Å².